The van der Waals surface area contributed by atoms with Crippen molar-refractivity contribution in [2.45, 2.75) is 0 Å². The van der Waals surface area contributed by atoms with Gasteiger partial charge in [-0.2, -0.15) is 0 Å². The minimum Gasteiger partial charge on any atom is -0.726 e. The standard InChI is InChI=1S/2Al.3H2O5S/c;;3*1-5-6(2,3)4/h;;3*1H,(H,2,3,4)/q2*+3;;;/p-6. The molecule has 0 N–H and O–H groups in total. The monoisotopic (exact) mass is 390 g/mol. The third kappa shape index (κ3) is 62.6. The molecule has 0 amide bonds. The summed E-state index contributed by atoms with van der Waals surface area (Å²) in [6.45, 7) is 0. The van der Waals surface area contributed by atoms with Crippen molar-refractivity contribution in [2.24, 2.45) is 0 Å². The van der Waals surface area contributed by atoms with E-state index in [0.717, 1.165) is 0 Å². The van der Waals surface area contributed by atoms with E-state index in [2.05, 4.69) is 13.0 Å². The van der Waals surface area contributed by atoms with Crippen molar-refractivity contribution in [3.8, 4) is 0 Å². The molecule has 0 spiro atoms. The summed E-state index contributed by atoms with van der Waals surface area (Å²) in [4.78, 5) is 0. The van der Waals surface area contributed by atoms with Crippen molar-refractivity contribution in [2.75, 3.05) is 0 Å². The van der Waals surface area contributed by atoms with E-state index in [1.165, 1.54) is 0 Å². The summed E-state index contributed by atoms with van der Waals surface area (Å²) in [5.41, 5.74) is 0. The predicted octanol–water partition coefficient (Wildman–Crippen LogP) is -7.55. The first-order chi connectivity index (χ1) is 7.68. The van der Waals surface area contributed by atoms with E-state index >= 15 is 0 Å². The van der Waals surface area contributed by atoms with Gasteiger partial charge >= 0.3 is 34.7 Å². The second-order valence-corrected chi connectivity index (χ2v) is 4.29. The van der Waals surface area contributed by atoms with E-state index in [9.17, 15) is 0 Å². The fourth-order valence-electron chi connectivity index (χ4n) is 0. The molecule has 0 bridgehead atoms. The Morgan fingerprint density at radius 2 is 0.550 bits per heavy atom. The van der Waals surface area contributed by atoms with Gasteiger partial charge in [0.15, 0.2) is 0 Å². The Bertz CT molecular complexity index is 403. The maximum atomic E-state index is 8.91. The third-order valence-electron chi connectivity index (χ3n) is 0.250. The Hall–Kier alpha value is 0.555. The Labute approximate surface area is 133 Å². The molecular formula is Al2O15S3. The summed E-state index contributed by atoms with van der Waals surface area (Å²) in [7, 11) is -14.9. The normalized spacial score (nSPS) is 10.5. The zero-order chi connectivity index (χ0) is 15.6. The minimum absolute atomic E-state index is 0. The SMILES string of the molecule is O=S(=O)([O-])O[O-].O=S(=O)([O-])O[O-].O=S(=O)([O-])O[O-].[Al+3].[Al+3]. The van der Waals surface area contributed by atoms with Crippen molar-refractivity contribution >= 4 is 65.9 Å². The van der Waals surface area contributed by atoms with Crippen molar-refractivity contribution in [1.29, 1.82) is 0 Å². The van der Waals surface area contributed by atoms with Crippen LogP contribution in [0, 0.1) is 0 Å². The third-order valence-corrected chi connectivity index (χ3v) is 0.750. The van der Waals surface area contributed by atoms with Crippen LogP contribution in [0.15, 0.2) is 0 Å². The van der Waals surface area contributed by atoms with Gasteiger partial charge in [0.2, 0.25) is 31.2 Å². The van der Waals surface area contributed by atoms with E-state index in [1.807, 2.05) is 0 Å². The summed E-state index contributed by atoms with van der Waals surface area (Å²) in [5, 5.41) is 25.7. The quantitative estimate of drug-likeness (QED) is 0.142. The van der Waals surface area contributed by atoms with E-state index in [1.54, 1.807) is 0 Å². The van der Waals surface area contributed by atoms with E-state index < -0.39 is 31.2 Å². The molecule has 0 fully saturated rings. The Balaban J connectivity index is -0.0000000536. The molecule has 0 saturated heterocycles. The van der Waals surface area contributed by atoms with Gasteiger partial charge in [-0.3, -0.25) is 0 Å². The van der Waals surface area contributed by atoms with Gasteiger partial charge in [-0.15, -0.1) is 0 Å². The van der Waals surface area contributed by atoms with Gasteiger partial charge in [0.25, 0.3) is 0 Å². The molecule has 0 radical (unpaired) electrons. The molecule has 15 nitrogen and oxygen atoms in total. The number of rotatable bonds is 3. The fourth-order valence-corrected chi connectivity index (χ4v) is 0. The molecule has 0 aliphatic carbocycles. The van der Waals surface area contributed by atoms with Crippen LogP contribution in [0.3, 0.4) is 0 Å². The Kier molecular flexibility index (Phi) is 23.5. The van der Waals surface area contributed by atoms with Gasteiger partial charge in [0, 0.05) is 0 Å². The predicted molar refractivity (Wildman–Crippen MR) is 43.9 cm³/mol. The Morgan fingerprint density at radius 1 is 0.500 bits per heavy atom. The van der Waals surface area contributed by atoms with Crippen molar-refractivity contribution < 1.29 is 67.7 Å². The molecule has 0 heterocycles. The van der Waals surface area contributed by atoms with Crippen LogP contribution in [0.1, 0.15) is 0 Å². The van der Waals surface area contributed by atoms with Crippen molar-refractivity contribution in [3.63, 3.8) is 0 Å². The molecule has 20 heteroatoms. The largest absolute Gasteiger partial charge is 3.00 e. The average molecular weight is 390 g/mol. The molecule has 0 atom stereocenters. The van der Waals surface area contributed by atoms with Crippen LogP contribution in [-0.2, 0) is 44.2 Å². The van der Waals surface area contributed by atoms with Crippen LogP contribution in [0.5, 0.6) is 0 Å². The van der Waals surface area contributed by atoms with Crippen LogP contribution in [-0.4, -0.2) is 73.6 Å². The smallest absolute Gasteiger partial charge is 0.726 e. The topological polar surface area (TPSA) is 268 Å². The van der Waals surface area contributed by atoms with Crippen LogP contribution >= 0.6 is 0 Å². The van der Waals surface area contributed by atoms with Gasteiger partial charge in [0.1, 0.15) is 0 Å². The second kappa shape index (κ2) is 14.5. The molecular weight excluding hydrogens is 390 g/mol. The fraction of sp³-hybridized carbons (Fsp3) is 0. The van der Waals surface area contributed by atoms with Gasteiger partial charge < -0.3 is 42.4 Å². The minimum atomic E-state index is -4.97. The van der Waals surface area contributed by atoms with E-state index in [0.29, 0.717) is 0 Å². The zero-order valence-corrected chi connectivity index (χ0v) is 13.3. The molecule has 114 valence electrons. The molecule has 0 rings (SSSR count). The second-order valence-electron chi connectivity index (χ2n) is 1.43. The first-order valence-corrected chi connectivity index (χ1v) is 6.50. The molecule has 0 unspecified atom stereocenters. The summed E-state index contributed by atoms with van der Waals surface area (Å²) in [5.74, 6) is 0. The molecule has 20 heavy (non-hydrogen) atoms. The molecule has 0 aromatic heterocycles. The maximum absolute atomic E-state index is 8.91. The van der Waals surface area contributed by atoms with E-state index in [-0.39, 0.29) is 34.7 Å². The first-order valence-electron chi connectivity index (χ1n) is 2.50. The molecule has 0 aromatic rings. The summed E-state index contributed by atoms with van der Waals surface area (Å²) >= 11 is 0. The Morgan fingerprint density at radius 3 is 0.550 bits per heavy atom. The molecule has 0 aliphatic rings. The average Bonchev–Trinajstić information content (AvgIpc) is 2.16. The van der Waals surface area contributed by atoms with Gasteiger partial charge in [-0.25, -0.2) is 25.3 Å². The van der Waals surface area contributed by atoms with Gasteiger partial charge in [0.05, 0.1) is 0 Å². The maximum Gasteiger partial charge on any atom is 3.00 e. The molecule has 0 aromatic carbocycles. The summed E-state index contributed by atoms with van der Waals surface area (Å²) in [6, 6.07) is 0. The first kappa shape index (κ1) is 32.5. The van der Waals surface area contributed by atoms with E-state index in [4.69, 9.17) is 54.7 Å². The van der Waals surface area contributed by atoms with Crippen molar-refractivity contribution in [3.05, 3.63) is 0 Å². The van der Waals surface area contributed by atoms with Gasteiger partial charge in [-0.05, 0) is 0 Å². The van der Waals surface area contributed by atoms with Crippen molar-refractivity contribution in [1.82, 2.24) is 0 Å². The summed E-state index contributed by atoms with van der Waals surface area (Å²) < 4.78 is 86.5. The van der Waals surface area contributed by atoms with Crippen LogP contribution in [0.2, 0.25) is 0 Å². The van der Waals surface area contributed by atoms with Crippen LogP contribution < -0.4 is 15.8 Å². The zero-order valence-electron chi connectivity index (χ0n) is 8.50. The van der Waals surface area contributed by atoms with Gasteiger partial charge in [-0.1, -0.05) is 0 Å². The van der Waals surface area contributed by atoms with Crippen LogP contribution in [0.25, 0.3) is 0 Å². The summed E-state index contributed by atoms with van der Waals surface area (Å²) in [6.07, 6.45) is 0. The van der Waals surface area contributed by atoms with Crippen LogP contribution in [0.4, 0.5) is 0 Å². The number of hydrogen-bond donors (Lipinski definition) is 0. The molecule has 0 saturated carbocycles. The number of hydrogen-bond acceptors (Lipinski definition) is 15. The molecule has 0 aliphatic heterocycles.